The number of aromatic carboxylic acids is 1. The van der Waals surface area contributed by atoms with Gasteiger partial charge in [-0.05, 0) is 36.8 Å². The molecule has 5 nitrogen and oxygen atoms in total. The Bertz CT molecular complexity index is 692. The molecule has 0 aromatic heterocycles. The first-order chi connectivity index (χ1) is 11.5. The third kappa shape index (κ3) is 5.12. The van der Waals surface area contributed by atoms with E-state index in [2.05, 4.69) is 0 Å². The minimum atomic E-state index is -0.974. The number of aryl methyl sites for hydroxylation is 1. The molecular weight excluding hydrogens is 306 g/mol. The lowest BCUT2D eigenvalue weighted by molar-refractivity contribution is -0.129. The molecule has 0 bridgehead atoms. The Labute approximate surface area is 141 Å². The van der Waals surface area contributed by atoms with E-state index < -0.39 is 5.97 Å². The molecule has 126 valence electrons. The van der Waals surface area contributed by atoms with Gasteiger partial charge in [-0.25, -0.2) is 4.79 Å². The summed E-state index contributed by atoms with van der Waals surface area (Å²) < 4.78 is 5.61. The highest BCUT2D eigenvalue weighted by Gasteiger charge is 2.10. The third-order valence-electron chi connectivity index (χ3n) is 3.70. The fourth-order valence-electron chi connectivity index (χ4n) is 2.13. The van der Waals surface area contributed by atoms with Crippen LogP contribution < -0.4 is 4.74 Å². The molecule has 0 aliphatic rings. The van der Waals surface area contributed by atoms with Gasteiger partial charge in [-0.15, -0.1) is 0 Å². The molecule has 0 radical (unpaired) electrons. The van der Waals surface area contributed by atoms with Crippen LogP contribution in [0.15, 0.2) is 48.5 Å². The highest BCUT2D eigenvalue weighted by Crippen LogP contribution is 2.11. The number of nitrogens with zero attached hydrogens (tertiary/aromatic N) is 1. The fraction of sp³-hybridized carbons (Fsp3) is 0.263. The van der Waals surface area contributed by atoms with E-state index in [1.807, 2.05) is 31.2 Å². The number of amides is 1. The van der Waals surface area contributed by atoms with Crippen molar-refractivity contribution in [2.24, 2.45) is 0 Å². The average molecular weight is 327 g/mol. The van der Waals surface area contributed by atoms with Gasteiger partial charge in [0, 0.05) is 7.05 Å². The molecule has 1 amide bonds. The van der Waals surface area contributed by atoms with E-state index in [0.29, 0.717) is 13.2 Å². The molecule has 2 aromatic carbocycles. The SMILES string of the molecule is Cc1ccc(OCCN(C)C(=O)Cc2ccc(C(=O)O)cc2)cc1. The summed E-state index contributed by atoms with van der Waals surface area (Å²) in [5.74, 6) is -0.227. The van der Waals surface area contributed by atoms with Gasteiger partial charge in [-0.2, -0.15) is 0 Å². The molecule has 24 heavy (non-hydrogen) atoms. The van der Waals surface area contributed by atoms with E-state index in [1.165, 1.54) is 17.7 Å². The van der Waals surface area contributed by atoms with Crippen LogP contribution in [0.1, 0.15) is 21.5 Å². The van der Waals surface area contributed by atoms with Gasteiger partial charge in [-0.3, -0.25) is 4.79 Å². The van der Waals surface area contributed by atoms with Gasteiger partial charge in [0.1, 0.15) is 12.4 Å². The first-order valence-electron chi connectivity index (χ1n) is 7.71. The number of carboxylic acid groups (broad SMARTS) is 1. The Morgan fingerprint density at radius 3 is 2.25 bits per heavy atom. The molecular formula is C19H21NO4. The highest BCUT2D eigenvalue weighted by molar-refractivity contribution is 5.87. The van der Waals surface area contributed by atoms with Crippen molar-refractivity contribution in [3.63, 3.8) is 0 Å². The molecule has 0 saturated carbocycles. The first kappa shape index (κ1) is 17.5. The van der Waals surface area contributed by atoms with Crippen LogP contribution >= 0.6 is 0 Å². The normalized spacial score (nSPS) is 10.2. The molecule has 0 saturated heterocycles. The fourth-order valence-corrected chi connectivity index (χ4v) is 2.13. The number of hydrogen-bond acceptors (Lipinski definition) is 3. The van der Waals surface area contributed by atoms with Gasteiger partial charge in [0.2, 0.25) is 5.91 Å². The molecule has 0 atom stereocenters. The van der Waals surface area contributed by atoms with Crippen LogP contribution in [0.25, 0.3) is 0 Å². The lowest BCUT2D eigenvalue weighted by atomic mass is 10.1. The van der Waals surface area contributed by atoms with Gasteiger partial charge < -0.3 is 14.7 Å². The maximum absolute atomic E-state index is 12.2. The van der Waals surface area contributed by atoms with E-state index in [9.17, 15) is 9.59 Å². The van der Waals surface area contributed by atoms with Crippen molar-refractivity contribution >= 4 is 11.9 Å². The number of rotatable bonds is 7. The number of carbonyl (C=O) groups excluding carboxylic acids is 1. The summed E-state index contributed by atoms with van der Waals surface area (Å²) in [4.78, 5) is 24.6. The smallest absolute Gasteiger partial charge is 0.335 e. The Morgan fingerprint density at radius 2 is 1.67 bits per heavy atom. The monoisotopic (exact) mass is 327 g/mol. The lowest BCUT2D eigenvalue weighted by Gasteiger charge is -2.17. The molecule has 5 heteroatoms. The molecule has 0 fully saturated rings. The summed E-state index contributed by atoms with van der Waals surface area (Å²) >= 11 is 0. The van der Waals surface area contributed by atoms with Crippen molar-refractivity contribution in [1.29, 1.82) is 0 Å². The molecule has 1 N–H and O–H groups in total. The number of carbonyl (C=O) groups is 2. The van der Waals surface area contributed by atoms with Crippen molar-refractivity contribution in [3.8, 4) is 5.75 Å². The van der Waals surface area contributed by atoms with E-state index in [0.717, 1.165) is 11.3 Å². The Hall–Kier alpha value is -2.82. The van der Waals surface area contributed by atoms with E-state index in [1.54, 1.807) is 24.1 Å². The molecule has 0 aliphatic carbocycles. The molecule has 2 rings (SSSR count). The summed E-state index contributed by atoms with van der Waals surface area (Å²) in [6.45, 7) is 2.92. The highest BCUT2D eigenvalue weighted by atomic mass is 16.5. The zero-order valence-corrected chi connectivity index (χ0v) is 13.9. The predicted octanol–water partition coefficient (Wildman–Crippen LogP) is 2.77. The van der Waals surface area contributed by atoms with Gasteiger partial charge in [-0.1, -0.05) is 29.8 Å². The second kappa shape index (κ2) is 8.15. The Kier molecular flexibility index (Phi) is 5.95. The van der Waals surface area contributed by atoms with Crippen LogP contribution in [0, 0.1) is 6.92 Å². The largest absolute Gasteiger partial charge is 0.492 e. The van der Waals surface area contributed by atoms with Crippen LogP contribution in [0.2, 0.25) is 0 Å². The van der Waals surface area contributed by atoms with Crippen molar-refractivity contribution in [1.82, 2.24) is 4.90 Å². The summed E-state index contributed by atoms with van der Waals surface area (Å²) in [7, 11) is 1.73. The van der Waals surface area contributed by atoms with Crippen molar-refractivity contribution in [2.75, 3.05) is 20.2 Å². The minimum Gasteiger partial charge on any atom is -0.492 e. The zero-order valence-electron chi connectivity index (χ0n) is 13.9. The summed E-state index contributed by atoms with van der Waals surface area (Å²) in [6, 6.07) is 14.1. The summed E-state index contributed by atoms with van der Waals surface area (Å²) in [5, 5.41) is 8.86. The number of likely N-dealkylation sites (N-methyl/N-ethyl adjacent to an activating group) is 1. The molecule has 0 spiro atoms. The molecule has 0 aliphatic heterocycles. The van der Waals surface area contributed by atoms with Crippen LogP contribution in [-0.2, 0) is 11.2 Å². The number of benzene rings is 2. The Balaban J connectivity index is 1.79. The first-order valence-corrected chi connectivity index (χ1v) is 7.71. The van der Waals surface area contributed by atoms with Gasteiger partial charge in [0.25, 0.3) is 0 Å². The second-order valence-electron chi connectivity index (χ2n) is 5.66. The third-order valence-corrected chi connectivity index (χ3v) is 3.70. The predicted molar refractivity (Wildman–Crippen MR) is 91.4 cm³/mol. The molecule has 0 heterocycles. The standard InChI is InChI=1S/C19H21NO4/c1-14-3-9-17(10-4-14)24-12-11-20(2)18(21)13-15-5-7-16(8-6-15)19(22)23/h3-10H,11-13H2,1-2H3,(H,22,23). The maximum atomic E-state index is 12.2. The zero-order chi connectivity index (χ0) is 17.5. The van der Waals surface area contributed by atoms with Crippen LogP contribution in [0.4, 0.5) is 0 Å². The quantitative estimate of drug-likeness (QED) is 0.849. The molecule has 2 aromatic rings. The van der Waals surface area contributed by atoms with Gasteiger partial charge in [0.15, 0.2) is 0 Å². The van der Waals surface area contributed by atoms with Crippen molar-refractivity contribution in [2.45, 2.75) is 13.3 Å². The van der Waals surface area contributed by atoms with Gasteiger partial charge in [0.05, 0.1) is 18.5 Å². The maximum Gasteiger partial charge on any atom is 0.335 e. The van der Waals surface area contributed by atoms with E-state index >= 15 is 0 Å². The summed E-state index contributed by atoms with van der Waals surface area (Å²) in [6.07, 6.45) is 0.237. The average Bonchev–Trinajstić information content (AvgIpc) is 2.57. The van der Waals surface area contributed by atoms with Crippen LogP contribution in [-0.4, -0.2) is 42.1 Å². The van der Waals surface area contributed by atoms with E-state index in [-0.39, 0.29) is 17.9 Å². The number of hydrogen-bond donors (Lipinski definition) is 1. The van der Waals surface area contributed by atoms with Crippen molar-refractivity contribution < 1.29 is 19.4 Å². The second-order valence-corrected chi connectivity index (χ2v) is 5.66. The minimum absolute atomic E-state index is 0.0365. The van der Waals surface area contributed by atoms with E-state index in [4.69, 9.17) is 9.84 Å². The number of ether oxygens (including phenoxy) is 1. The van der Waals surface area contributed by atoms with Crippen LogP contribution in [0.5, 0.6) is 5.75 Å². The number of carboxylic acids is 1. The molecule has 0 unspecified atom stereocenters. The van der Waals surface area contributed by atoms with Gasteiger partial charge >= 0.3 is 5.97 Å². The topological polar surface area (TPSA) is 66.8 Å². The summed E-state index contributed by atoms with van der Waals surface area (Å²) in [5.41, 5.74) is 2.17. The Morgan fingerprint density at radius 1 is 1.04 bits per heavy atom. The lowest BCUT2D eigenvalue weighted by Crippen LogP contribution is -2.32. The van der Waals surface area contributed by atoms with Crippen LogP contribution in [0.3, 0.4) is 0 Å². The van der Waals surface area contributed by atoms with Crippen molar-refractivity contribution in [3.05, 3.63) is 65.2 Å².